The Morgan fingerprint density at radius 3 is 2.22 bits per heavy atom. The molecule has 28 nitrogen and oxygen atoms in total. The Kier molecular flexibility index (Phi) is 11.9. The van der Waals surface area contributed by atoms with Crippen LogP contribution in [0.2, 0.25) is 0 Å². The SMILES string of the molecule is C=CN(c1nc(N)[nH]c(=O)c1[NH2+]C)C1OC(COP(=O)(O)OP(=O)(O)OP(=O)(O)OCC2OC(n3cnc4c(=O)[nH]c(N)nc43)C(O)=C2O)C(OC)C1O. The number of phosphoric ester groups is 2. The number of hydrogen-bond acceptors (Lipinski definition) is 21. The first-order valence-corrected chi connectivity index (χ1v) is 19.4. The Morgan fingerprint density at radius 2 is 1.61 bits per heavy atom. The largest absolute Gasteiger partial charge is 0.506 e. The van der Waals surface area contributed by atoms with E-state index in [1.807, 2.05) is 0 Å². The highest BCUT2D eigenvalue weighted by molar-refractivity contribution is 7.66. The maximum Gasteiger partial charge on any atom is 0.490 e. The van der Waals surface area contributed by atoms with Gasteiger partial charge in [0.05, 0.1) is 26.6 Å². The number of anilines is 3. The second-order valence-corrected chi connectivity index (χ2v) is 15.6. The zero-order chi connectivity index (χ0) is 39.9. The van der Waals surface area contributed by atoms with Gasteiger partial charge < -0.3 is 61.0 Å². The fourth-order valence-corrected chi connectivity index (χ4v) is 8.80. The predicted octanol–water partition coefficient (Wildman–Crippen LogP) is -2.46. The monoisotopic (exact) mass is 831 g/mol. The van der Waals surface area contributed by atoms with Crippen molar-refractivity contribution in [2.45, 2.75) is 36.9 Å². The van der Waals surface area contributed by atoms with Crippen LogP contribution >= 0.6 is 23.5 Å². The molecule has 14 N–H and O–H groups in total. The molecule has 3 aromatic rings. The molecular weight excluding hydrogens is 797 g/mol. The van der Waals surface area contributed by atoms with Gasteiger partial charge in [0, 0.05) is 13.3 Å². The lowest BCUT2D eigenvalue weighted by atomic mass is 10.1. The van der Waals surface area contributed by atoms with Crippen molar-refractivity contribution in [1.82, 2.24) is 29.5 Å². The molecule has 1 saturated heterocycles. The van der Waals surface area contributed by atoms with Gasteiger partial charge in [-0.15, -0.1) is 0 Å². The Labute approximate surface area is 300 Å². The summed E-state index contributed by atoms with van der Waals surface area (Å²) in [5.74, 6) is -2.50. The number of hydrogen-bond donors (Lipinski definition) is 11. The quantitative estimate of drug-likeness (QED) is 0.0666. The van der Waals surface area contributed by atoms with Crippen molar-refractivity contribution in [2.75, 3.05) is 43.7 Å². The van der Waals surface area contributed by atoms with Gasteiger partial charge in [0.1, 0.15) is 24.4 Å². The molecule has 9 unspecified atom stereocenters. The molecule has 0 aliphatic carbocycles. The minimum atomic E-state index is -6.00. The van der Waals surface area contributed by atoms with E-state index in [0.29, 0.717) is 0 Å². The van der Waals surface area contributed by atoms with Gasteiger partial charge in [-0.05, 0) is 0 Å². The number of phosphoric acid groups is 3. The van der Waals surface area contributed by atoms with Crippen molar-refractivity contribution in [3.05, 3.63) is 51.3 Å². The summed E-state index contributed by atoms with van der Waals surface area (Å²) in [7, 11) is -14.7. The zero-order valence-corrected chi connectivity index (χ0v) is 30.3. The zero-order valence-electron chi connectivity index (χ0n) is 27.6. The molecular formula is C23H34N10O18P3+. The Morgan fingerprint density at radius 1 is 1.00 bits per heavy atom. The average molecular weight is 831 g/mol. The maximum absolute atomic E-state index is 12.6. The summed E-state index contributed by atoms with van der Waals surface area (Å²) in [5, 5.41) is 33.1. The highest BCUT2D eigenvalue weighted by atomic mass is 31.3. The summed E-state index contributed by atoms with van der Waals surface area (Å²) in [6, 6.07) is 0. The number of H-pyrrole nitrogens is 2. The van der Waals surface area contributed by atoms with Gasteiger partial charge in [-0.3, -0.25) is 38.1 Å². The number of ether oxygens (including phenoxy) is 3. The molecule has 5 heterocycles. The summed E-state index contributed by atoms with van der Waals surface area (Å²) in [6.45, 7) is 1.50. The van der Waals surface area contributed by atoms with Crippen LogP contribution < -0.4 is 32.8 Å². The lowest BCUT2D eigenvalue weighted by Crippen LogP contribution is -2.75. The second-order valence-electron chi connectivity index (χ2n) is 11.0. The second kappa shape index (κ2) is 15.6. The van der Waals surface area contributed by atoms with Crippen molar-refractivity contribution in [1.29, 1.82) is 0 Å². The number of aliphatic hydroxyl groups excluding tert-OH is 3. The molecule has 54 heavy (non-hydrogen) atoms. The number of methoxy groups -OCH3 is 1. The molecule has 9 atom stereocenters. The standard InChI is InChI=1S/C23H33N10O18P3/c1-4-32(16-10(26-2)18(37)30-22(24)28-16)21-14(36)15(45-3)9(49-21)6-47-53(41,42)51-54(43,44)50-52(39,40)46-5-8-12(34)13(35)20(48-8)33-7-27-11-17(33)29-23(25)31-19(11)38/h4,7-9,14-15,20-21,26,34-36H,1,5-6H2,2-3H3,(H,39,40)(H,41,42)(H,43,44)(H3,24,28,30,37)(H3,25,29,31,38)/p+1. The van der Waals surface area contributed by atoms with Gasteiger partial charge in [-0.25, -0.2) is 18.7 Å². The van der Waals surface area contributed by atoms with Gasteiger partial charge >= 0.3 is 29.0 Å². The molecule has 31 heteroatoms. The van der Waals surface area contributed by atoms with E-state index in [4.69, 9.17) is 30.2 Å². The number of nitrogens with zero attached hydrogens (tertiary/aromatic N) is 5. The van der Waals surface area contributed by atoms with E-state index >= 15 is 0 Å². The topological polar surface area (TPSA) is 418 Å². The van der Waals surface area contributed by atoms with Gasteiger partial charge in [0.15, 0.2) is 35.1 Å². The van der Waals surface area contributed by atoms with Crippen molar-refractivity contribution in [2.24, 2.45) is 0 Å². The number of fused-ring (bicyclic) bond motifs is 1. The van der Waals surface area contributed by atoms with Gasteiger partial charge in [-0.1, -0.05) is 6.58 Å². The highest BCUT2D eigenvalue weighted by Gasteiger charge is 2.50. The minimum absolute atomic E-state index is 0.0163. The molecule has 2 aliphatic rings. The number of quaternary nitrogens is 1. The molecule has 0 amide bonds. The van der Waals surface area contributed by atoms with E-state index in [-0.39, 0.29) is 34.6 Å². The summed E-state index contributed by atoms with van der Waals surface area (Å²) in [6.07, 6.45) is -6.89. The highest BCUT2D eigenvalue weighted by Crippen LogP contribution is 2.67. The van der Waals surface area contributed by atoms with E-state index in [2.05, 4.69) is 44.6 Å². The predicted molar refractivity (Wildman–Crippen MR) is 177 cm³/mol. The Hall–Kier alpha value is -4.08. The third-order valence-electron chi connectivity index (χ3n) is 7.54. The van der Waals surface area contributed by atoms with Crippen molar-refractivity contribution in [3.8, 4) is 0 Å². The number of aliphatic hydroxyl groups is 3. The van der Waals surface area contributed by atoms with Crippen LogP contribution in [0.15, 0.2) is 40.2 Å². The number of aromatic amines is 2. The summed E-state index contributed by atoms with van der Waals surface area (Å²) >= 11 is 0. The first kappa shape index (κ1) is 41.1. The van der Waals surface area contributed by atoms with E-state index in [9.17, 15) is 53.3 Å². The van der Waals surface area contributed by atoms with Crippen LogP contribution in [0.4, 0.5) is 23.4 Å². The molecule has 0 spiro atoms. The molecule has 0 bridgehead atoms. The van der Waals surface area contributed by atoms with Crippen molar-refractivity contribution >= 4 is 58.0 Å². The van der Waals surface area contributed by atoms with E-state index in [1.54, 1.807) is 0 Å². The van der Waals surface area contributed by atoms with Crippen LogP contribution in [0.1, 0.15) is 6.23 Å². The van der Waals surface area contributed by atoms with Crippen molar-refractivity contribution in [3.63, 3.8) is 0 Å². The molecule has 1 fully saturated rings. The lowest BCUT2D eigenvalue weighted by Gasteiger charge is -2.28. The van der Waals surface area contributed by atoms with Gasteiger partial charge in [0.2, 0.25) is 23.4 Å². The summed E-state index contributed by atoms with van der Waals surface area (Å²) < 4.78 is 72.5. The van der Waals surface area contributed by atoms with Gasteiger partial charge in [0.25, 0.3) is 5.56 Å². The smallest absolute Gasteiger partial charge is 0.490 e. The molecule has 3 aromatic heterocycles. The number of rotatable bonds is 16. The third kappa shape index (κ3) is 8.57. The maximum atomic E-state index is 12.6. The summed E-state index contributed by atoms with van der Waals surface area (Å²) in [5.41, 5.74) is 9.46. The summed E-state index contributed by atoms with van der Waals surface area (Å²) in [4.78, 5) is 72.1. The number of aromatic nitrogens is 6. The number of nitrogen functional groups attached to an aromatic ring is 2. The normalized spacial score (nSPS) is 26.4. The van der Waals surface area contributed by atoms with Crippen LogP contribution in [0, 0.1) is 0 Å². The van der Waals surface area contributed by atoms with Crippen LogP contribution in [0.5, 0.6) is 0 Å². The fourth-order valence-electron chi connectivity index (χ4n) is 5.29. The number of nitrogens with one attached hydrogen (secondary N) is 2. The van der Waals surface area contributed by atoms with Crippen LogP contribution in [0.25, 0.3) is 11.2 Å². The van der Waals surface area contributed by atoms with Crippen LogP contribution in [0.3, 0.4) is 0 Å². The molecule has 0 aromatic carbocycles. The van der Waals surface area contributed by atoms with Crippen molar-refractivity contribution < 1.29 is 80.9 Å². The van der Waals surface area contributed by atoms with E-state index in [0.717, 1.165) is 29.1 Å². The fraction of sp³-hybridized carbons (Fsp3) is 0.435. The van der Waals surface area contributed by atoms with Crippen LogP contribution in [-0.2, 0) is 45.6 Å². The average Bonchev–Trinajstić information content (AvgIpc) is 3.71. The Bertz CT molecular complexity index is 2210. The molecule has 0 radical (unpaired) electrons. The minimum Gasteiger partial charge on any atom is -0.506 e. The Balaban J connectivity index is 1.19. The molecule has 5 rings (SSSR count). The first-order valence-electron chi connectivity index (χ1n) is 14.9. The van der Waals surface area contributed by atoms with Crippen LogP contribution in [-0.4, -0.2) is 118 Å². The molecule has 2 aliphatic heterocycles. The molecule has 0 saturated carbocycles. The van der Waals surface area contributed by atoms with E-state index < -0.39 is 96.2 Å². The first-order chi connectivity index (χ1) is 25.2. The van der Waals surface area contributed by atoms with E-state index in [1.165, 1.54) is 12.4 Å². The molecule has 298 valence electrons. The number of nitrogens with two attached hydrogens (primary N) is 3. The van der Waals surface area contributed by atoms with Gasteiger partial charge in [-0.2, -0.15) is 18.6 Å². The number of imidazole rings is 1. The lowest BCUT2D eigenvalue weighted by molar-refractivity contribution is -0.540. The third-order valence-corrected chi connectivity index (χ3v) is 11.8.